The van der Waals surface area contributed by atoms with Crippen LogP contribution in [0, 0.1) is 5.92 Å². The third-order valence-electron chi connectivity index (χ3n) is 2.38. The van der Waals surface area contributed by atoms with Crippen molar-refractivity contribution in [2.45, 2.75) is 25.7 Å². The molecule has 2 heteroatoms. The van der Waals surface area contributed by atoms with E-state index in [4.69, 9.17) is 4.74 Å². The molecule has 1 N–H and O–H groups in total. The molecule has 1 saturated heterocycles. The summed E-state index contributed by atoms with van der Waals surface area (Å²) in [6, 6.07) is 0. The van der Waals surface area contributed by atoms with Gasteiger partial charge >= 0.3 is 0 Å². The molecule has 1 heterocycles. The maximum absolute atomic E-state index is 5.06. The Labute approximate surface area is 69.3 Å². The molecule has 0 unspecified atom stereocenters. The average Bonchev–Trinajstić information content (AvgIpc) is 2.28. The van der Waals surface area contributed by atoms with E-state index in [0.29, 0.717) is 0 Å². The second-order valence-corrected chi connectivity index (χ2v) is 3.35. The third-order valence-corrected chi connectivity index (χ3v) is 2.38. The van der Waals surface area contributed by atoms with Gasteiger partial charge in [-0.3, -0.25) is 0 Å². The molecule has 0 amide bonds. The zero-order valence-electron chi connectivity index (χ0n) is 7.44. The van der Waals surface area contributed by atoms with Gasteiger partial charge in [0.2, 0.25) is 0 Å². The highest BCUT2D eigenvalue weighted by atomic mass is 16.5. The van der Waals surface area contributed by atoms with Crippen molar-refractivity contribution in [2.75, 3.05) is 26.8 Å². The Balaban J connectivity index is 2.09. The van der Waals surface area contributed by atoms with E-state index in [2.05, 4.69) is 5.32 Å². The predicted octanol–water partition coefficient (Wildman–Crippen LogP) is 1.41. The van der Waals surface area contributed by atoms with Gasteiger partial charge in [-0.2, -0.15) is 0 Å². The number of nitrogens with one attached hydrogen (secondary N) is 1. The summed E-state index contributed by atoms with van der Waals surface area (Å²) < 4.78 is 5.06. The molecule has 1 aliphatic heterocycles. The standard InChI is InChI=1S/C9H19NO/c1-11-7-5-9-4-2-3-6-10-8-9/h9-10H,2-8H2,1H3/t9-/m0/s1. The molecule has 1 atom stereocenters. The van der Waals surface area contributed by atoms with Crippen molar-refractivity contribution in [2.24, 2.45) is 5.92 Å². The molecular weight excluding hydrogens is 138 g/mol. The summed E-state index contributed by atoms with van der Waals surface area (Å²) in [6.07, 6.45) is 5.35. The number of hydrogen-bond acceptors (Lipinski definition) is 2. The van der Waals surface area contributed by atoms with Crippen molar-refractivity contribution in [1.82, 2.24) is 5.32 Å². The molecule has 0 aromatic rings. The Kier molecular flexibility index (Phi) is 4.55. The topological polar surface area (TPSA) is 21.3 Å². The maximum atomic E-state index is 5.06. The summed E-state index contributed by atoms with van der Waals surface area (Å²) in [5.41, 5.74) is 0. The van der Waals surface area contributed by atoms with Crippen molar-refractivity contribution in [3.63, 3.8) is 0 Å². The Morgan fingerprint density at radius 1 is 1.45 bits per heavy atom. The minimum atomic E-state index is 0.859. The van der Waals surface area contributed by atoms with Gasteiger partial charge in [0, 0.05) is 13.7 Å². The van der Waals surface area contributed by atoms with Gasteiger partial charge in [0.15, 0.2) is 0 Å². The Bertz CT molecular complexity index is 87.6. The molecule has 0 spiro atoms. The number of hydrogen-bond donors (Lipinski definition) is 1. The minimum Gasteiger partial charge on any atom is -0.385 e. The molecule has 0 aromatic carbocycles. The molecule has 2 nitrogen and oxygen atoms in total. The van der Waals surface area contributed by atoms with Crippen LogP contribution in [0.4, 0.5) is 0 Å². The summed E-state index contributed by atoms with van der Waals surface area (Å²) in [5, 5.41) is 3.45. The summed E-state index contributed by atoms with van der Waals surface area (Å²) in [4.78, 5) is 0. The quantitative estimate of drug-likeness (QED) is 0.669. The summed E-state index contributed by atoms with van der Waals surface area (Å²) >= 11 is 0. The minimum absolute atomic E-state index is 0.859. The molecule has 1 aliphatic rings. The monoisotopic (exact) mass is 157 g/mol. The fourth-order valence-electron chi connectivity index (χ4n) is 1.62. The van der Waals surface area contributed by atoms with Crippen molar-refractivity contribution >= 4 is 0 Å². The van der Waals surface area contributed by atoms with Gasteiger partial charge in [0.05, 0.1) is 0 Å². The van der Waals surface area contributed by atoms with E-state index in [-0.39, 0.29) is 0 Å². The maximum Gasteiger partial charge on any atom is 0.0465 e. The van der Waals surface area contributed by atoms with Gasteiger partial charge < -0.3 is 10.1 Å². The number of rotatable bonds is 3. The van der Waals surface area contributed by atoms with Gasteiger partial charge in [0.25, 0.3) is 0 Å². The second kappa shape index (κ2) is 5.56. The molecule has 0 aromatic heterocycles. The molecule has 66 valence electrons. The highest BCUT2D eigenvalue weighted by Gasteiger charge is 2.10. The number of methoxy groups -OCH3 is 1. The first-order valence-corrected chi connectivity index (χ1v) is 4.63. The Hall–Kier alpha value is -0.0800. The molecule has 0 radical (unpaired) electrons. The van der Waals surface area contributed by atoms with Crippen molar-refractivity contribution in [3.05, 3.63) is 0 Å². The highest BCUT2D eigenvalue weighted by molar-refractivity contribution is 4.66. The molecular formula is C9H19NO. The zero-order chi connectivity index (χ0) is 7.94. The lowest BCUT2D eigenvalue weighted by Crippen LogP contribution is -2.21. The average molecular weight is 157 g/mol. The van der Waals surface area contributed by atoms with E-state index >= 15 is 0 Å². The fourth-order valence-corrected chi connectivity index (χ4v) is 1.62. The Morgan fingerprint density at radius 2 is 2.36 bits per heavy atom. The van der Waals surface area contributed by atoms with Crippen LogP contribution in [-0.4, -0.2) is 26.8 Å². The van der Waals surface area contributed by atoms with E-state index in [1.54, 1.807) is 7.11 Å². The smallest absolute Gasteiger partial charge is 0.0465 e. The van der Waals surface area contributed by atoms with E-state index < -0.39 is 0 Å². The van der Waals surface area contributed by atoms with Gasteiger partial charge in [-0.15, -0.1) is 0 Å². The molecule has 0 saturated carbocycles. The fraction of sp³-hybridized carbons (Fsp3) is 1.00. The molecule has 1 rings (SSSR count). The van der Waals surface area contributed by atoms with Crippen molar-refractivity contribution < 1.29 is 4.74 Å². The first-order chi connectivity index (χ1) is 5.43. The lowest BCUT2D eigenvalue weighted by atomic mass is 10.0. The van der Waals surface area contributed by atoms with E-state index in [1.807, 2.05) is 0 Å². The van der Waals surface area contributed by atoms with Crippen LogP contribution in [-0.2, 0) is 4.74 Å². The van der Waals surface area contributed by atoms with Crippen LogP contribution in [0.15, 0.2) is 0 Å². The van der Waals surface area contributed by atoms with Crippen LogP contribution in [0.3, 0.4) is 0 Å². The van der Waals surface area contributed by atoms with Gasteiger partial charge in [-0.25, -0.2) is 0 Å². The van der Waals surface area contributed by atoms with Crippen LogP contribution in [0.5, 0.6) is 0 Å². The summed E-state index contributed by atoms with van der Waals surface area (Å²) in [6.45, 7) is 3.33. The highest BCUT2D eigenvalue weighted by Crippen LogP contribution is 2.14. The van der Waals surface area contributed by atoms with Gasteiger partial charge in [0.1, 0.15) is 0 Å². The van der Waals surface area contributed by atoms with E-state index in [0.717, 1.165) is 12.5 Å². The Morgan fingerprint density at radius 3 is 3.18 bits per heavy atom. The lowest BCUT2D eigenvalue weighted by molar-refractivity contribution is 0.175. The van der Waals surface area contributed by atoms with Crippen LogP contribution >= 0.6 is 0 Å². The lowest BCUT2D eigenvalue weighted by Gasteiger charge is -2.12. The normalized spacial score (nSPS) is 26.5. The summed E-state index contributed by atoms with van der Waals surface area (Å²) in [5.74, 6) is 0.859. The first-order valence-electron chi connectivity index (χ1n) is 4.63. The first kappa shape index (κ1) is 9.01. The molecule has 0 bridgehead atoms. The van der Waals surface area contributed by atoms with Crippen LogP contribution in [0.1, 0.15) is 25.7 Å². The van der Waals surface area contributed by atoms with Crippen molar-refractivity contribution in [1.29, 1.82) is 0 Å². The van der Waals surface area contributed by atoms with Crippen LogP contribution < -0.4 is 5.32 Å². The van der Waals surface area contributed by atoms with E-state index in [1.165, 1.54) is 38.8 Å². The van der Waals surface area contributed by atoms with E-state index in [9.17, 15) is 0 Å². The van der Waals surface area contributed by atoms with Crippen molar-refractivity contribution in [3.8, 4) is 0 Å². The largest absolute Gasteiger partial charge is 0.385 e. The summed E-state index contributed by atoms with van der Waals surface area (Å²) in [7, 11) is 1.78. The predicted molar refractivity (Wildman–Crippen MR) is 46.7 cm³/mol. The van der Waals surface area contributed by atoms with Crippen LogP contribution in [0.2, 0.25) is 0 Å². The third kappa shape index (κ3) is 3.73. The molecule has 11 heavy (non-hydrogen) atoms. The van der Waals surface area contributed by atoms with Gasteiger partial charge in [-0.1, -0.05) is 6.42 Å². The SMILES string of the molecule is COCC[C@@H]1CCCCNC1. The molecule has 0 aliphatic carbocycles. The number of ether oxygens (including phenoxy) is 1. The molecule has 1 fully saturated rings. The van der Waals surface area contributed by atoms with Gasteiger partial charge in [-0.05, 0) is 38.3 Å². The second-order valence-electron chi connectivity index (χ2n) is 3.35. The van der Waals surface area contributed by atoms with Crippen LogP contribution in [0.25, 0.3) is 0 Å². The zero-order valence-corrected chi connectivity index (χ0v) is 7.44.